The maximum absolute atomic E-state index is 6.30. The number of benzene rings is 1. The van der Waals surface area contributed by atoms with Crippen molar-refractivity contribution in [1.82, 2.24) is 5.32 Å². The van der Waals surface area contributed by atoms with Gasteiger partial charge in [0, 0.05) is 11.8 Å². The van der Waals surface area contributed by atoms with Crippen LogP contribution in [0.25, 0.3) is 0 Å². The molecule has 0 saturated carbocycles. The van der Waals surface area contributed by atoms with E-state index in [4.69, 9.17) is 16.2 Å². The maximum atomic E-state index is 6.30. The number of nitrogens with zero attached hydrogens (tertiary/aromatic N) is 1. The van der Waals surface area contributed by atoms with E-state index < -0.39 is 5.66 Å². The molecule has 112 valence electrons. The first-order chi connectivity index (χ1) is 9.90. The molecule has 1 unspecified atom stereocenters. The lowest BCUT2D eigenvalue weighted by Crippen LogP contribution is -2.42. The fourth-order valence-corrected chi connectivity index (χ4v) is 1.99. The van der Waals surface area contributed by atoms with Crippen molar-refractivity contribution in [3.63, 3.8) is 0 Å². The molecule has 0 radical (unpaired) electrons. The van der Waals surface area contributed by atoms with Crippen molar-refractivity contribution < 1.29 is 4.74 Å². The van der Waals surface area contributed by atoms with Gasteiger partial charge in [-0.15, -0.1) is 0 Å². The summed E-state index contributed by atoms with van der Waals surface area (Å²) in [6.45, 7) is 6.62. The van der Waals surface area contributed by atoms with Crippen molar-refractivity contribution >= 4 is 5.96 Å². The second-order valence-electron chi connectivity index (χ2n) is 5.37. The van der Waals surface area contributed by atoms with Crippen LogP contribution in [0.5, 0.6) is 5.75 Å². The van der Waals surface area contributed by atoms with E-state index in [1.165, 1.54) is 5.57 Å². The van der Waals surface area contributed by atoms with Crippen molar-refractivity contribution in [3.05, 3.63) is 53.3 Å². The van der Waals surface area contributed by atoms with Crippen LogP contribution in [0.1, 0.15) is 25.0 Å². The van der Waals surface area contributed by atoms with Crippen molar-refractivity contribution in [2.24, 2.45) is 16.5 Å². The highest BCUT2D eigenvalue weighted by Gasteiger charge is 2.26. The topological polar surface area (TPSA) is 85.7 Å². The normalized spacial score (nSPS) is 20.5. The molecule has 1 aromatic rings. The molecule has 5 heteroatoms. The molecule has 1 aromatic carbocycles. The second kappa shape index (κ2) is 6.01. The fraction of sp³-hybridized carbons (Fsp3) is 0.312. The first-order valence-corrected chi connectivity index (χ1v) is 6.86. The van der Waals surface area contributed by atoms with E-state index >= 15 is 0 Å². The third kappa shape index (κ3) is 3.64. The van der Waals surface area contributed by atoms with Gasteiger partial charge in [-0.1, -0.05) is 17.7 Å². The lowest BCUT2D eigenvalue weighted by molar-refractivity contribution is 0.358. The first-order valence-electron chi connectivity index (χ1n) is 6.86. The van der Waals surface area contributed by atoms with E-state index in [2.05, 4.69) is 10.3 Å². The number of ether oxygens (including phenoxy) is 1. The Balaban J connectivity index is 2.28. The Morgan fingerprint density at radius 1 is 1.43 bits per heavy atom. The van der Waals surface area contributed by atoms with E-state index in [-0.39, 0.29) is 0 Å². The number of rotatable bonds is 4. The van der Waals surface area contributed by atoms with Crippen LogP contribution >= 0.6 is 0 Å². The Morgan fingerprint density at radius 2 is 2.19 bits per heavy atom. The lowest BCUT2D eigenvalue weighted by Gasteiger charge is -2.26. The number of allylic oxidation sites excluding steroid dienone is 1. The molecule has 5 N–H and O–H groups in total. The zero-order valence-electron chi connectivity index (χ0n) is 12.7. The molecule has 0 fully saturated rings. The molecule has 0 amide bonds. The molecular formula is C16H22N4O. The van der Waals surface area contributed by atoms with Crippen LogP contribution < -0.4 is 21.5 Å². The average Bonchev–Trinajstić information content (AvgIpc) is 2.40. The monoisotopic (exact) mass is 286 g/mol. The van der Waals surface area contributed by atoms with Crippen LogP contribution in [0, 0.1) is 6.92 Å². The molecule has 0 aromatic heterocycles. The highest BCUT2D eigenvalue weighted by Crippen LogP contribution is 2.28. The van der Waals surface area contributed by atoms with Crippen LogP contribution in [0.4, 0.5) is 0 Å². The van der Waals surface area contributed by atoms with Crippen LogP contribution in [0.3, 0.4) is 0 Å². The third-order valence-corrected chi connectivity index (χ3v) is 3.26. The van der Waals surface area contributed by atoms with Crippen LogP contribution in [-0.2, 0) is 5.66 Å². The van der Waals surface area contributed by atoms with Crippen LogP contribution in [0.2, 0.25) is 0 Å². The molecule has 0 bridgehead atoms. The number of hydrogen-bond acceptors (Lipinski definition) is 5. The van der Waals surface area contributed by atoms with Gasteiger partial charge in [0.2, 0.25) is 0 Å². The Morgan fingerprint density at radius 3 is 2.86 bits per heavy atom. The van der Waals surface area contributed by atoms with E-state index in [0.29, 0.717) is 12.6 Å². The van der Waals surface area contributed by atoms with Crippen molar-refractivity contribution in [2.75, 3.05) is 6.61 Å². The van der Waals surface area contributed by atoms with Crippen molar-refractivity contribution in [1.29, 1.82) is 0 Å². The molecule has 2 rings (SSSR count). The van der Waals surface area contributed by atoms with Gasteiger partial charge >= 0.3 is 0 Å². The predicted molar refractivity (Wildman–Crippen MR) is 85.9 cm³/mol. The summed E-state index contributed by atoms with van der Waals surface area (Å²) in [6, 6.07) is 5.83. The SMILES string of the molecule is CC(C)=CCOc1cc(C2(N)C=CNC(N)=N2)ccc1C. The molecule has 1 aliphatic rings. The van der Waals surface area contributed by atoms with Gasteiger partial charge in [-0.2, -0.15) is 0 Å². The lowest BCUT2D eigenvalue weighted by atomic mass is 9.98. The number of nitrogens with two attached hydrogens (primary N) is 2. The van der Waals surface area contributed by atoms with E-state index in [1.807, 2.05) is 45.0 Å². The van der Waals surface area contributed by atoms with Gasteiger partial charge in [-0.25, -0.2) is 4.99 Å². The van der Waals surface area contributed by atoms with Crippen LogP contribution in [0.15, 0.2) is 47.1 Å². The fourth-order valence-electron chi connectivity index (χ4n) is 1.99. The highest BCUT2D eigenvalue weighted by atomic mass is 16.5. The molecule has 5 nitrogen and oxygen atoms in total. The Labute approximate surface area is 125 Å². The van der Waals surface area contributed by atoms with E-state index in [0.717, 1.165) is 16.9 Å². The summed E-state index contributed by atoms with van der Waals surface area (Å²) in [5.74, 6) is 1.10. The average molecular weight is 286 g/mol. The summed E-state index contributed by atoms with van der Waals surface area (Å²) in [6.07, 6.45) is 5.50. The molecule has 0 saturated heterocycles. The van der Waals surface area contributed by atoms with Crippen molar-refractivity contribution in [3.8, 4) is 5.75 Å². The summed E-state index contributed by atoms with van der Waals surface area (Å²) < 4.78 is 5.80. The van der Waals surface area contributed by atoms with E-state index in [1.54, 1.807) is 12.3 Å². The molecule has 1 aliphatic heterocycles. The van der Waals surface area contributed by atoms with Gasteiger partial charge < -0.3 is 15.8 Å². The second-order valence-corrected chi connectivity index (χ2v) is 5.37. The quantitative estimate of drug-likeness (QED) is 0.738. The summed E-state index contributed by atoms with van der Waals surface area (Å²) in [4.78, 5) is 4.27. The number of aryl methyl sites for hydroxylation is 1. The molecular weight excluding hydrogens is 264 g/mol. The zero-order chi connectivity index (χ0) is 15.5. The smallest absolute Gasteiger partial charge is 0.195 e. The van der Waals surface area contributed by atoms with Crippen molar-refractivity contribution in [2.45, 2.75) is 26.4 Å². The highest BCUT2D eigenvalue weighted by molar-refractivity contribution is 5.80. The van der Waals surface area contributed by atoms with E-state index in [9.17, 15) is 0 Å². The standard InChI is InChI=1S/C16H22N4O/c1-11(2)6-9-21-14-10-13(5-4-12(14)3)16(18)7-8-19-15(17)20-16/h4-8,10H,9,18H2,1-3H3,(H3,17,19,20). The molecule has 0 aliphatic carbocycles. The largest absolute Gasteiger partial charge is 0.489 e. The summed E-state index contributed by atoms with van der Waals surface area (Å²) >= 11 is 0. The third-order valence-electron chi connectivity index (χ3n) is 3.26. The molecule has 1 atom stereocenters. The van der Waals surface area contributed by atoms with Gasteiger partial charge in [-0.05, 0) is 44.6 Å². The summed E-state index contributed by atoms with van der Waals surface area (Å²) in [5.41, 5.74) is 14.2. The Hall–Kier alpha value is -2.27. The molecule has 0 spiro atoms. The van der Waals surface area contributed by atoms with Crippen LogP contribution in [-0.4, -0.2) is 12.6 Å². The van der Waals surface area contributed by atoms with Gasteiger partial charge in [0.25, 0.3) is 0 Å². The number of guanidine groups is 1. The minimum Gasteiger partial charge on any atom is -0.489 e. The number of aliphatic imine (C=N–C) groups is 1. The summed E-state index contributed by atoms with van der Waals surface area (Å²) in [7, 11) is 0. The Bertz CT molecular complexity index is 615. The van der Waals surface area contributed by atoms with Gasteiger partial charge in [0.05, 0.1) is 0 Å². The molecule has 21 heavy (non-hydrogen) atoms. The van der Waals surface area contributed by atoms with Gasteiger partial charge in [-0.3, -0.25) is 5.73 Å². The predicted octanol–water partition coefficient (Wildman–Crippen LogP) is 1.88. The summed E-state index contributed by atoms with van der Waals surface area (Å²) in [5, 5.41) is 2.81. The first kappa shape index (κ1) is 15.1. The number of hydrogen-bond donors (Lipinski definition) is 3. The van der Waals surface area contributed by atoms with Gasteiger partial charge in [0.1, 0.15) is 12.4 Å². The maximum Gasteiger partial charge on any atom is 0.195 e. The zero-order valence-corrected chi connectivity index (χ0v) is 12.7. The minimum absolute atomic E-state index is 0.299. The van der Waals surface area contributed by atoms with Gasteiger partial charge in [0.15, 0.2) is 11.6 Å². The Kier molecular flexibility index (Phi) is 4.33. The minimum atomic E-state index is -0.961. The molecule has 1 heterocycles. The number of nitrogens with one attached hydrogen (secondary N) is 1.